The van der Waals surface area contributed by atoms with E-state index in [9.17, 15) is 9.90 Å². The first-order chi connectivity index (χ1) is 14.7. The molecule has 0 atom stereocenters. The number of aromatic nitrogens is 2. The molecular weight excluding hydrogens is 394 g/mol. The molecule has 0 saturated heterocycles. The van der Waals surface area contributed by atoms with Crippen molar-refractivity contribution in [1.82, 2.24) is 15.0 Å². The lowest BCUT2D eigenvalue weighted by molar-refractivity contribution is 0.191. The van der Waals surface area contributed by atoms with Crippen LogP contribution in [-0.2, 0) is 0 Å². The summed E-state index contributed by atoms with van der Waals surface area (Å²) in [5.41, 5.74) is 3.29. The van der Waals surface area contributed by atoms with Gasteiger partial charge in [0, 0.05) is 16.6 Å². The summed E-state index contributed by atoms with van der Waals surface area (Å²) >= 11 is 0. The molecule has 160 valence electrons. The quantitative estimate of drug-likeness (QED) is 0.458. The van der Waals surface area contributed by atoms with E-state index >= 15 is 0 Å². The number of ether oxygens (including phenoxy) is 1. The number of phenols is 1. The maximum Gasteiger partial charge on any atom is 0.413 e. The van der Waals surface area contributed by atoms with Crippen LogP contribution in [0.25, 0.3) is 27.8 Å². The molecule has 0 fully saturated rings. The summed E-state index contributed by atoms with van der Waals surface area (Å²) in [7, 11) is 0. The minimum absolute atomic E-state index is 0.167. The van der Waals surface area contributed by atoms with Gasteiger partial charge in [-0.15, -0.1) is 0 Å². The molecule has 0 bridgehead atoms. The molecule has 0 aliphatic rings. The second kappa shape index (κ2) is 7.50. The number of para-hydroxylation sites is 1. The van der Waals surface area contributed by atoms with Gasteiger partial charge in [-0.05, 0) is 71.0 Å². The third-order valence-corrected chi connectivity index (χ3v) is 4.88. The number of carbonyl (C=O) groups is 1. The fourth-order valence-corrected chi connectivity index (χ4v) is 3.65. The second-order valence-electron chi connectivity index (χ2n) is 8.51. The van der Waals surface area contributed by atoms with Gasteiger partial charge in [0.05, 0.1) is 16.8 Å². The SMILES string of the molecule is Cc1noc(C)c1-c1c(OC(=O)NC(C)(C)C)c2ccccc2n1-c1ccc(O)cc1. The van der Waals surface area contributed by atoms with Crippen LogP contribution < -0.4 is 10.1 Å². The third kappa shape index (κ3) is 3.86. The van der Waals surface area contributed by atoms with Crippen LogP contribution in [0.3, 0.4) is 0 Å². The molecule has 31 heavy (non-hydrogen) atoms. The first-order valence-electron chi connectivity index (χ1n) is 10.0. The molecular formula is C24H25N3O4. The Morgan fingerprint density at radius 1 is 1.10 bits per heavy atom. The number of aryl methyl sites for hydroxylation is 2. The van der Waals surface area contributed by atoms with Gasteiger partial charge in [-0.3, -0.25) is 0 Å². The molecule has 1 amide bonds. The Hall–Kier alpha value is -3.74. The summed E-state index contributed by atoms with van der Waals surface area (Å²) in [6.07, 6.45) is -0.547. The summed E-state index contributed by atoms with van der Waals surface area (Å²) < 4.78 is 13.3. The number of nitrogens with zero attached hydrogens (tertiary/aromatic N) is 2. The highest BCUT2D eigenvalue weighted by molar-refractivity contribution is 5.99. The number of phenolic OH excluding ortho intramolecular Hbond substituents is 1. The molecule has 7 nitrogen and oxygen atoms in total. The number of hydrogen-bond donors (Lipinski definition) is 2. The van der Waals surface area contributed by atoms with Gasteiger partial charge in [0.2, 0.25) is 0 Å². The highest BCUT2D eigenvalue weighted by Gasteiger charge is 2.28. The van der Waals surface area contributed by atoms with Crippen molar-refractivity contribution in [2.75, 3.05) is 0 Å². The summed E-state index contributed by atoms with van der Waals surface area (Å²) in [5.74, 6) is 1.20. The largest absolute Gasteiger partial charge is 0.508 e. The fraction of sp³-hybridized carbons (Fsp3) is 0.250. The Morgan fingerprint density at radius 2 is 1.77 bits per heavy atom. The van der Waals surface area contributed by atoms with Gasteiger partial charge < -0.3 is 24.3 Å². The van der Waals surface area contributed by atoms with Crippen LogP contribution in [0, 0.1) is 13.8 Å². The van der Waals surface area contributed by atoms with E-state index in [2.05, 4.69) is 10.5 Å². The number of carbonyl (C=O) groups excluding carboxylic acids is 1. The van der Waals surface area contributed by atoms with Gasteiger partial charge in [-0.2, -0.15) is 0 Å². The van der Waals surface area contributed by atoms with Crippen LogP contribution in [-0.4, -0.2) is 26.5 Å². The number of hydrogen-bond acceptors (Lipinski definition) is 5. The molecule has 2 heterocycles. The van der Waals surface area contributed by atoms with Crippen LogP contribution >= 0.6 is 0 Å². The minimum atomic E-state index is -0.547. The molecule has 2 aromatic heterocycles. The lowest BCUT2D eigenvalue weighted by Gasteiger charge is -2.20. The normalized spacial score (nSPS) is 11.6. The molecule has 0 spiro atoms. The Bertz CT molecular complexity index is 1240. The molecule has 0 radical (unpaired) electrons. The highest BCUT2D eigenvalue weighted by Crippen LogP contribution is 2.44. The predicted molar refractivity (Wildman–Crippen MR) is 119 cm³/mol. The van der Waals surface area contributed by atoms with Gasteiger partial charge in [-0.25, -0.2) is 4.79 Å². The van der Waals surface area contributed by atoms with Crippen molar-refractivity contribution < 1.29 is 19.2 Å². The number of nitrogens with one attached hydrogen (secondary N) is 1. The summed E-state index contributed by atoms with van der Waals surface area (Å²) in [6, 6.07) is 14.5. The molecule has 2 N–H and O–H groups in total. The number of aromatic hydroxyl groups is 1. The molecule has 0 saturated carbocycles. The molecule has 2 aromatic carbocycles. The van der Waals surface area contributed by atoms with Crippen LogP contribution in [0.2, 0.25) is 0 Å². The zero-order valence-electron chi connectivity index (χ0n) is 18.2. The Morgan fingerprint density at radius 3 is 2.39 bits per heavy atom. The zero-order valence-corrected chi connectivity index (χ0v) is 18.2. The molecule has 0 aliphatic heterocycles. The maximum absolute atomic E-state index is 12.7. The van der Waals surface area contributed by atoms with Crippen LogP contribution in [0.4, 0.5) is 4.79 Å². The van der Waals surface area contributed by atoms with Gasteiger partial charge in [-0.1, -0.05) is 17.3 Å². The van der Waals surface area contributed by atoms with Crippen molar-refractivity contribution in [1.29, 1.82) is 0 Å². The van der Waals surface area contributed by atoms with Crippen molar-refractivity contribution in [3.63, 3.8) is 0 Å². The lowest BCUT2D eigenvalue weighted by Crippen LogP contribution is -2.42. The smallest absolute Gasteiger partial charge is 0.413 e. The lowest BCUT2D eigenvalue weighted by atomic mass is 10.1. The fourth-order valence-electron chi connectivity index (χ4n) is 3.65. The monoisotopic (exact) mass is 419 g/mol. The Labute approximate surface area is 180 Å². The van der Waals surface area contributed by atoms with Gasteiger partial charge in [0.15, 0.2) is 5.75 Å². The second-order valence-corrected chi connectivity index (χ2v) is 8.51. The van der Waals surface area contributed by atoms with Crippen LogP contribution in [0.1, 0.15) is 32.2 Å². The van der Waals surface area contributed by atoms with E-state index in [-0.39, 0.29) is 5.75 Å². The molecule has 7 heteroatoms. The highest BCUT2D eigenvalue weighted by atomic mass is 16.6. The van der Waals surface area contributed by atoms with Crippen molar-refractivity contribution in [2.45, 2.75) is 40.2 Å². The first kappa shape index (κ1) is 20.5. The van der Waals surface area contributed by atoms with Gasteiger partial charge in [0.25, 0.3) is 0 Å². The number of fused-ring (bicyclic) bond motifs is 1. The summed E-state index contributed by atoms with van der Waals surface area (Å²) in [5, 5.41) is 17.5. The molecule has 4 rings (SSSR count). The predicted octanol–water partition coefficient (Wildman–Crippen LogP) is 5.49. The van der Waals surface area contributed by atoms with E-state index in [1.165, 1.54) is 0 Å². The zero-order chi connectivity index (χ0) is 22.3. The van der Waals surface area contributed by atoms with Crippen molar-refractivity contribution >= 4 is 17.0 Å². The Kier molecular flexibility index (Phi) is 4.97. The van der Waals surface area contributed by atoms with Gasteiger partial charge in [0.1, 0.15) is 17.2 Å². The van der Waals surface area contributed by atoms with Crippen molar-refractivity contribution in [2.24, 2.45) is 0 Å². The standard InChI is InChI=1S/C24H25N3O4/c1-14-20(15(2)31-26-14)21-22(30-23(29)25-24(3,4)5)18-8-6-7-9-19(18)27(21)16-10-12-17(28)13-11-16/h6-13,28H,1-5H3,(H,25,29). The van der Waals surface area contributed by atoms with Crippen LogP contribution in [0.15, 0.2) is 53.1 Å². The third-order valence-electron chi connectivity index (χ3n) is 4.88. The topological polar surface area (TPSA) is 89.5 Å². The van der Waals surface area contributed by atoms with Crippen molar-refractivity contribution in [3.05, 3.63) is 60.0 Å². The van der Waals surface area contributed by atoms with E-state index in [4.69, 9.17) is 9.26 Å². The number of rotatable bonds is 3. The van der Waals surface area contributed by atoms with Gasteiger partial charge >= 0.3 is 6.09 Å². The summed E-state index contributed by atoms with van der Waals surface area (Å²) in [6.45, 7) is 9.35. The number of benzene rings is 2. The average molecular weight is 419 g/mol. The summed E-state index contributed by atoms with van der Waals surface area (Å²) in [4.78, 5) is 12.7. The Balaban J connectivity index is 2.03. The van der Waals surface area contributed by atoms with E-state index in [0.717, 1.165) is 22.2 Å². The van der Waals surface area contributed by atoms with Crippen LogP contribution in [0.5, 0.6) is 11.5 Å². The van der Waals surface area contributed by atoms with E-state index < -0.39 is 11.6 Å². The average Bonchev–Trinajstić information content (AvgIpc) is 3.18. The minimum Gasteiger partial charge on any atom is -0.508 e. The van der Waals surface area contributed by atoms with Crippen molar-refractivity contribution in [3.8, 4) is 28.4 Å². The van der Waals surface area contributed by atoms with E-state index in [1.54, 1.807) is 12.1 Å². The molecule has 0 unspecified atom stereocenters. The molecule has 0 aliphatic carbocycles. The number of amides is 1. The van der Waals surface area contributed by atoms with E-state index in [1.807, 2.05) is 75.6 Å². The molecule has 4 aromatic rings. The van der Waals surface area contributed by atoms with E-state index in [0.29, 0.717) is 22.9 Å². The first-order valence-corrected chi connectivity index (χ1v) is 10.0. The maximum atomic E-state index is 12.7.